The van der Waals surface area contributed by atoms with Crippen LogP contribution in [0.3, 0.4) is 0 Å². The summed E-state index contributed by atoms with van der Waals surface area (Å²) in [6, 6.07) is 5.57. The number of likely N-dealkylation sites (tertiary alicyclic amines) is 1. The first-order valence-electron chi connectivity index (χ1n) is 10.0. The topological polar surface area (TPSA) is 60.9 Å². The zero-order chi connectivity index (χ0) is 19.0. The lowest BCUT2D eigenvalue weighted by atomic mass is 9.97. The zero-order valence-corrected chi connectivity index (χ0v) is 16.9. The number of hydrogen-bond donors (Lipinski definition) is 0. The fourth-order valence-electron chi connectivity index (χ4n) is 4.63. The Morgan fingerprint density at radius 2 is 1.74 bits per heavy atom. The summed E-state index contributed by atoms with van der Waals surface area (Å²) in [5.74, 6) is 0.250. The van der Waals surface area contributed by atoms with E-state index < -0.39 is 10.0 Å². The molecule has 0 unspecified atom stereocenters. The van der Waals surface area contributed by atoms with Crippen molar-refractivity contribution in [1.82, 2.24) is 14.1 Å². The number of carbonyl (C=O) groups is 1. The Morgan fingerprint density at radius 1 is 1.00 bits per heavy atom. The van der Waals surface area contributed by atoms with Gasteiger partial charge in [0.15, 0.2) is 0 Å². The number of nitrogens with zero attached hydrogens (tertiary/aromatic N) is 3. The van der Waals surface area contributed by atoms with Crippen LogP contribution in [0.25, 0.3) is 0 Å². The molecule has 2 saturated heterocycles. The average Bonchev–Trinajstić information content (AvgIpc) is 3.15. The SMILES string of the molecule is CN1CCC[C@H](C(=O)N2CCN(S(=O)(=O)c3ccc4c(c3)CCC4)CC2)C1. The second kappa shape index (κ2) is 7.53. The van der Waals surface area contributed by atoms with Crippen LogP contribution in [0.5, 0.6) is 0 Å². The molecular weight excluding hydrogens is 362 g/mol. The van der Waals surface area contributed by atoms with E-state index in [0.717, 1.165) is 45.2 Å². The zero-order valence-electron chi connectivity index (χ0n) is 16.1. The Hall–Kier alpha value is -1.44. The lowest BCUT2D eigenvalue weighted by Gasteiger charge is -2.37. The van der Waals surface area contributed by atoms with E-state index in [1.165, 1.54) is 11.1 Å². The Morgan fingerprint density at radius 3 is 2.48 bits per heavy atom. The van der Waals surface area contributed by atoms with Crippen LogP contribution < -0.4 is 0 Å². The van der Waals surface area contributed by atoms with E-state index in [4.69, 9.17) is 0 Å². The second-order valence-electron chi connectivity index (χ2n) is 8.11. The van der Waals surface area contributed by atoms with Crippen molar-refractivity contribution in [3.8, 4) is 0 Å². The minimum atomic E-state index is -3.48. The fourth-order valence-corrected chi connectivity index (χ4v) is 6.11. The largest absolute Gasteiger partial charge is 0.340 e. The monoisotopic (exact) mass is 391 g/mol. The third kappa shape index (κ3) is 3.77. The van der Waals surface area contributed by atoms with Crippen LogP contribution in [-0.2, 0) is 27.7 Å². The number of piperazine rings is 1. The van der Waals surface area contributed by atoms with E-state index in [-0.39, 0.29) is 11.8 Å². The molecule has 1 amide bonds. The second-order valence-corrected chi connectivity index (χ2v) is 10.1. The Bertz CT molecular complexity index is 816. The van der Waals surface area contributed by atoms with Crippen molar-refractivity contribution >= 4 is 15.9 Å². The van der Waals surface area contributed by atoms with Crippen LogP contribution in [0.2, 0.25) is 0 Å². The third-order valence-electron chi connectivity index (χ3n) is 6.23. The van der Waals surface area contributed by atoms with E-state index in [0.29, 0.717) is 31.1 Å². The smallest absolute Gasteiger partial charge is 0.243 e. The maximum Gasteiger partial charge on any atom is 0.243 e. The van der Waals surface area contributed by atoms with Crippen LogP contribution in [-0.4, -0.2) is 74.7 Å². The van der Waals surface area contributed by atoms with E-state index in [1.54, 1.807) is 10.4 Å². The molecule has 0 N–H and O–H groups in total. The van der Waals surface area contributed by atoms with Gasteiger partial charge in [-0.1, -0.05) is 6.07 Å². The van der Waals surface area contributed by atoms with Gasteiger partial charge in [-0.25, -0.2) is 8.42 Å². The Balaban J connectivity index is 1.40. The van der Waals surface area contributed by atoms with Gasteiger partial charge in [0.05, 0.1) is 10.8 Å². The summed E-state index contributed by atoms with van der Waals surface area (Å²) in [4.78, 5) is 17.3. The molecule has 0 aromatic heterocycles. The summed E-state index contributed by atoms with van der Waals surface area (Å²) >= 11 is 0. The number of aryl methyl sites for hydroxylation is 2. The molecule has 1 aliphatic carbocycles. The fraction of sp³-hybridized carbons (Fsp3) is 0.650. The van der Waals surface area contributed by atoms with Crippen LogP contribution in [0.15, 0.2) is 23.1 Å². The molecule has 0 radical (unpaired) electrons. The number of carbonyl (C=O) groups excluding carboxylic acids is 1. The molecule has 2 aliphatic heterocycles. The van der Waals surface area contributed by atoms with Gasteiger partial charge >= 0.3 is 0 Å². The highest BCUT2D eigenvalue weighted by Crippen LogP contribution is 2.27. The predicted octanol–water partition coefficient (Wildman–Crippen LogP) is 1.35. The average molecular weight is 392 g/mol. The van der Waals surface area contributed by atoms with Gasteiger partial charge in [-0.05, 0) is 69.0 Å². The standard InChI is InChI=1S/C20H29N3O3S/c1-21-9-3-6-18(15-21)20(24)22-10-12-23(13-11-22)27(25,26)19-8-7-16-4-2-5-17(16)14-19/h7-8,14,18H,2-6,9-13,15H2,1H3/t18-/m0/s1. The molecule has 0 spiro atoms. The van der Waals surface area contributed by atoms with Gasteiger partial charge in [0.2, 0.25) is 15.9 Å². The molecule has 4 rings (SSSR count). The number of hydrogen-bond acceptors (Lipinski definition) is 4. The molecule has 7 heteroatoms. The number of rotatable bonds is 3. The highest BCUT2D eigenvalue weighted by molar-refractivity contribution is 7.89. The lowest BCUT2D eigenvalue weighted by molar-refractivity contribution is -0.138. The summed E-state index contributed by atoms with van der Waals surface area (Å²) in [5, 5.41) is 0. The number of piperidine rings is 1. The molecule has 148 valence electrons. The van der Waals surface area contributed by atoms with Crippen molar-refractivity contribution in [2.45, 2.75) is 37.0 Å². The van der Waals surface area contributed by atoms with Crippen LogP contribution in [0.4, 0.5) is 0 Å². The molecule has 2 fully saturated rings. The molecule has 27 heavy (non-hydrogen) atoms. The van der Waals surface area contributed by atoms with Crippen molar-refractivity contribution < 1.29 is 13.2 Å². The van der Waals surface area contributed by atoms with Crippen molar-refractivity contribution in [3.05, 3.63) is 29.3 Å². The highest BCUT2D eigenvalue weighted by atomic mass is 32.2. The predicted molar refractivity (Wildman–Crippen MR) is 104 cm³/mol. The molecule has 2 heterocycles. The van der Waals surface area contributed by atoms with Crippen LogP contribution in [0, 0.1) is 5.92 Å². The molecular formula is C20H29N3O3S. The number of sulfonamides is 1. The van der Waals surface area contributed by atoms with Gasteiger partial charge in [0, 0.05) is 32.7 Å². The molecule has 0 saturated carbocycles. The molecule has 0 bridgehead atoms. The number of amides is 1. The highest BCUT2D eigenvalue weighted by Gasteiger charge is 2.34. The molecule has 3 aliphatic rings. The summed E-state index contributed by atoms with van der Waals surface area (Å²) in [6.45, 7) is 3.61. The Kier molecular flexibility index (Phi) is 5.27. The van der Waals surface area contributed by atoms with Crippen molar-refractivity contribution in [1.29, 1.82) is 0 Å². The van der Waals surface area contributed by atoms with E-state index in [2.05, 4.69) is 11.9 Å². The summed E-state index contributed by atoms with van der Waals surface area (Å²) in [5.41, 5.74) is 2.45. The summed E-state index contributed by atoms with van der Waals surface area (Å²) in [7, 11) is -1.42. The van der Waals surface area contributed by atoms with Crippen LogP contribution >= 0.6 is 0 Å². The Labute approximate surface area is 162 Å². The molecule has 1 aromatic rings. The molecule has 1 atom stereocenters. The van der Waals surface area contributed by atoms with Gasteiger partial charge in [0.25, 0.3) is 0 Å². The minimum absolute atomic E-state index is 0.0589. The first kappa shape index (κ1) is 18.9. The third-order valence-corrected chi connectivity index (χ3v) is 8.13. The normalized spacial score (nSPS) is 24.8. The van der Waals surface area contributed by atoms with Crippen molar-refractivity contribution in [2.75, 3.05) is 46.3 Å². The maximum atomic E-state index is 13.0. The van der Waals surface area contributed by atoms with Crippen molar-refractivity contribution in [2.24, 2.45) is 5.92 Å². The van der Waals surface area contributed by atoms with E-state index >= 15 is 0 Å². The van der Waals surface area contributed by atoms with Gasteiger partial charge in [-0.2, -0.15) is 4.31 Å². The van der Waals surface area contributed by atoms with Crippen LogP contribution in [0.1, 0.15) is 30.4 Å². The minimum Gasteiger partial charge on any atom is -0.340 e. The van der Waals surface area contributed by atoms with Gasteiger partial charge in [0.1, 0.15) is 0 Å². The maximum absolute atomic E-state index is 13.0. The molecule has 1 aromatic carbocycles. The quantitative estimate of drug-likeness (QED) is 0.780. The van der Waals surface area contributed by atoms with Crippen molar-refractivity contribution in [3.63, 3.8) is 0 Å². The number of benzene rings is 1. The molecule has 6 nitrogen and oxygen atoms in total. The van der Waals surface area contributed by atoms with Gasteiger partial charge in [-0.15, -0.1) is 0 Å². The first-order chi connectivity index (χ1) is 12.9. The van der Waals surface area contributed by atoms with E-state index in [9.17, 15) is 13.2 Å². The van der Waals surface area contributed by atoms with E-state index in [1.807, 2.05) is 17.0 Å². The summed E-state index contributed by atoms with van der Waals surface area (Å²) < 4.78 is 27.6. The summed E-state index contributed by atoms with van der Waals surface area (Å²) in [6.07, 6.45) is 5.12. The first-order valence-corrected chi connectivity index (χ1v) is 11.5. The van der Waals surface area contributed by atoms with Gasteiger partial charge in [-0.3, -0.25) is 4.79 Å². The number of fused-ring (bicyclic) bond motifs is 1. The lowest BCUT2D eigenvalue weighted by Crippen LogP contribution is -2.53. The van der Waals surface area contributed by atoms with Gasteiger partial charge < -0.3 is 9.80 Å².